The van der Waals surface area contributed by atoms with Crippen molar-refractivity contribution >= 4 is 5.91 Å². The lowest BCUT2D eigenvalue weighted by atomic mass is 10.1. The largest absolute Gasteiger partial charge is 0.335 e. The van der Waals surface area contributed by atoms with Crippen molar-refractivity contribution in [3.63, 3.8) is 0 Å². The molecule has 0 aliphatic rings. The van der Waals surface area contributed by atoms with Gasteiger partial charge in [0.1, 0.15) is 17.7 Å². The Balaban J connectivity index is 2.18. The first kappa shape index (κ1) is 18.1. The van der Waals surface area contributed by atoms with E-state index < -0.39 is 17.7 Å². The van der Waals surface area contributed by atoms with E-state index in [0.717, 1.165) is 6.07 Å². The maximum absolute atomic E-state index is 13.9. The first-order valence-corrected chi connectivity index (χ1v) is 7.73. The van der Waals surface area contributed by atoms with Gasteiger partial charge in [0.25, 0.3) is 0 Å². The van der Waals surface area contributed by atoms with Crippen LogP contribution >= 0.6 is 0 Å². The van der Waals surface area contributed by atoms with Crippen LogP contribution in [-0.4, -0.2) is 52.4 Å². The van der Waals surface area contributed by atoms with Crippen LogP contribution in [0.3, 0.4) is 0 Å². The molecule has 0 saturated carbocycles. The lowest BCUT2D eigenvalue weighted by Gasteiger charge is -2.28. The van der Waals surface area contributed by atoms with Crippen LogP contribution in [0.15, 0.2) is 36.9 Å². The average molecular weight is 336 g/mol. The summed E-state index contributed by atoms with van der Waals surface area (Å²) in [5, 5.41) is 0. The molecule has 130 valence electrons. The van der Waals surface area contributed by atoms with E-state index in [1.165, 1.54) is 12.1 Å². The Bertz CT molecular complexity index is 673. The number of imidazole rings is 1. The van der Waals surface area contributed by atoms with E-state index in [0.29, 0.717) is 18.7 Å². The van der Waals surface area contributed by atoms with Crippen molar-refractivity contribution in [1.29, 1.82) is 0 Å². The summed E-state index contributed by atoms with van der Waals surface area (Å²) < 4.78 is 28.7. The highest BCUT2D eigenvalue weighted by Gasteiger charge is 2.23. The van der Waals surface area contributed by atoms with Gasteiger partial charge in [-0.3, -0.25) is 4.79 Å². The molecule has 0 radical (unpaired) electrons. The van der Waals surface area contributed by atoms with Crippen molar-refractivity contribution in [3.8, 4) is 0 Å². The van der Waals surface area contributed by atoms with Gasteiger partial charge in [-0.05, 0) is 27.1 Å². The summed E-state index contributed by atoms with van der Waals surface area (Å²) in [6.45, 7) is 2.96. The Morgan fingerprint density at radius 3 is 2.62 bits per heavy atom. The Morgan fingerprint density at radius 1 is 1.29 bits per heavy atom. The zero-order valence-corrected chi connectivity index (χ0v) is 14.1. The highest BCUT2D eigenvalue weighted by molar-refractivity contribution is 5.80. The van der Waals surface area contributed by atoms with Crippen LogP contribution in [-0.2, 0) is 11.3 Å². The van der Waals surface area contributed by atoms with Crippen LogP contribution in [0.2, 0.25) is 0 Å². The summed E-state index contributed by atoms with van der Waals surface area (Å²) in [5.41, 5.74) is 0.293. The van der Waals surface area contributed by atoms with Crippen LogP contribution in [0, 0.1) is 11.6 Å². The van der Waals surface area contributed by atoms with Gasteiger partial charge in [-0.15, -0.1) is 0 Å². The van der Waals surface area contributed by atoms with E-state index in [9.17, 15) is 13.6 Å². The maximum Gasteiger partial charge on any atom is 0.245 e. The van der Waals surface area contributed by atoms with Crippen LogP contribution in [0.4, 0.5) is 8.78 Å². The molecule has 0 N–H and O–H groups in total. The highest BCUT2D eigenvalue weighted by atomic mass is 19.1. The molecule has 0 aliphatic heterocycles. The quantitative estimate of drug-likeness (QED) is 0.779. The third-order valence-corrected chi connectivity index (χ3v) is 3.83. The standard InChI is InChI=1S/C17H22F2N4O/c1-13(23-7-6-20-12-23)17(24)22(9-8-21(2)3)11-14-4-5-15(18)10-16(14)19/h4-7,10,12-13H,8-9,11H2,1-3H3/t13-/m0/s1. The molecule has 0 bridgehead atoms. The highest BCUT2D eigenvalue weighted by Crippen LogP contribution is 2.16. The molecule has 5 nitrogen and oxygen atoms in total. The Morgan fingerprint density at radius 2 is 2.04 bits per heavy atom. The van der Waals surface area contributed by atoms with Crippen molar-refractivity contribution in [1.82, 2.24) is 19.4 Å². The second kappa shape index (κ2) is 8.01. The minimum absolute atomic E-state index is 0.0951. The summed E-state index contributed by atoms with van der Waals surface area (Å²) in [7, 11) is 3.81. The molecule has 1 amide bonds. The minimum Gasteiger partial charge on any atom is -0.335 e. The van der Waals surface area contributed by atoms with Crippen molar-refractivity contribution in [3.05, 3.63) is 54.1 Å². The molecule has 1 aromatic heterocycles. The molecule has 24 heavy (non-hydrogen) atoms. The zero-order valence-electron chi connectivity index (χ0n) is 14.1. The lowest BCUT2D eigenvalue weighted by Crippen LogP contribution is -2.39. The monoisotopic (exact) mass is 336 g/mol. The summed E-state index contributed by atoms with van der Waals surface area (Å²) >= 11 is 0. The first-order valence-electron chi connectivity index (χ1n) is 7.73. The molecule has 0 saturated heterocycles. The van der Waals surface area contributed by atoms with Gasteiger partial charge in [-0.2, -0.15) is 0 Å². The minimum atomic E-state index is -0.645. The molecular formula is C17H22F2N4O. The maximum atomic E-state index is 13.9. The van der Waals surface area contributed by atoms with Crippen molar-refractivity contribution in [2.45, 2.75) is 19.5 Å². The number of nitrogens with zero attached hydrogens (tertiary/aromatic N) is 4. The van der Waals surface area contributed by atoms with E-state index in [1.54, 1.807) is 35.1 Å². The number of carbonyl (C=O) groups excluding carboxylic acids is 1. The third-order valence-electron chi connectivity index (χ3n) is 3.83. The lowest BCUT2D eigenvalue weighted by molar-refractivity contribution is -0.135. The van der Waals surface area contributed by atoms with E-state index in [2.05, 4.69) is 4.98 Å². The summed E-state index contributed by atoms with van der Waals surface area (Å²) in [6.07, 6.45) is 4.89. The number of amides is 1. The molecule has 1 atom stereocenters. The van der Waals surface area contributed by atoms with Crippen molar-refractivity contribution in [2.75, 3.05) is 27.2 Å². The number of benzene rings is 1. The molecule has 0 spiro atoms. The molecule has 2 aromatic rings. The van der Waals surface area contributed by atoms with Gasteiger partial charge in [0.15, 0.2) is 0 Å². The van der Waals surface area contributed by atoms with Gasteiger partial charge in [-0.1, -0.05) is 6.07 Å². The number of likely N-dealkylation sites (N-methyl/N-ethyl adjacent to an activating group) is 1. The van der Waals surface area contributed by atoms with E-state index >= 15 is 0 Å². The molecule has 7 heteroatoms. The molecular weight excluding hydrogens is 314 g/mol. The van der Waals surface area contributed by atoms with Gasteiger partial charge in [0.05, 0.1) is 6.33 Å². The van der Waals surface area contributed by atoms with Crippen LogP contribution in [0.5, 0.6) is 0 Å². The molecule has 2 rings (SSSR count). The van der Waals surface area contributed by atoms with E-state index in [1.807, 2.05) is 19.0 Å². The number of halogens is 2. The second-order valence-corrected chi connectivity index (χ2v) is 5.98. The number of carbonyl (C=O) groups is 1. The zero-order chi connectivity index (χ0) is 17.7. The number of hydrogen-bond acceptors (Lipinski definition) is 3. The number of hydrogen-bond donors (Lipinski definition) is 0. The summed E-state index contributed by atoms with van der Waals surface area (Å²) in [5.74, 6) is -1.42. The van der Waals surface area contributed by atoms with Crippen molar-refractivity contribution in [2.24, 2.45) is 0 Å². The van der Waals surface area contributed by atoms with Gasteiger partial charge in [0, 0.05) is 43.7 Å². The molecule has 1 aromatic carbocycles. The van der Waals surface area contributed by atoms with E-state index in [4.69, 9.17) is 0 Å². The fraction of sp³-hybridized carbons (Fsp3) is 0.412. The smallest absolute Gasteiger partial charge is 0.245 e. The van der Waals surface area contributed by atoms with Gasteiger partial charge in [-0.25, -0.2) is 13.8 Å². The van der Waals surface area contributed by atoms with Gasteiger partial charge < -0.3 is 14.4 Å². The fourth-order valence-corrected chi connectivity index (χ4v) is 2.33. The number of rotatable bonds is 7. The normalized spacial score (nSPS) is 12.4. The topological polar surface area (TPSA) is 41.4 Å². The Hall–Kier alpha value is -2.28. The molecule has 0 fully saturated rings. The predicted octanol–water partition coefficient (Wildman–Crippen LogP) is 2.31. The second-order valence-electron chi connectivity index (χ2n) is 5.98. The van der Waals surface area contributed by atoms with E-state index in [-0.39, 0.29) is 12.5 Å². The fourth-order valence-electron chi connectivity index (χ4n) is 2.33. The van der Waals surface area contributed by atoms with Crippen LogP contribution in [0.25, 0.3) is 0 Å². The SMILES string of the molecule is C[C@@H](C(=O)N(CCN(C)C)Cc1ccc(F)cc1F)n1ccnc1. The molecule has 1 heterocycles. The van der Waals surface area contributed by atoms with Crippen LogP contribution in [0.1, 0.15) is 18.5 Å². The average Bonchev–Trinajstić information content (AvgIpc) is 3.06. The first-order chi connectivity index (χ1) is 11.4. The van der Waals surface area contributed by atoms with Gasteiger partial charge >= 0.3 is 0 Å². The van der Waals surface area contributed by atoms with Crippen molar-refractivity contribution < 1.29 is 13.6 Å². The van der Waals surface area contributed by atoms with Gasteiger partial charge in [0.2, 0.25) is 5.91 Å². The predicted molar refractivity (Wildman–Crippen MR) is 87.3 cm³/mol. The molecule has 0 unspecified atom stereocenters. The molecule has 0 aliphatic carbocycles. The Kier molecular flexibility index (Phi) is 6.03. The van der Waals surface area contributed by atoms with Crippen LogP contribution < -0.4 is 0 Å². The Labute approximate surface area is 140 Å². The third kappa shape index (κ3) is 4.61. The summed E-state index contributed by atoms with van der Waals surface area (Å²) in [4.78, 5) is 20.3. The number of aromatic nitrogens is 2. The summed E-state index contributed by atoms with van der Waals surface area (Å²) in [6, 6.07) is 2.97.